The smallest absolute Gasteiger partial charge is 0.252 e. The molecule has 1 amide bonds. The van der Waals surface area contributed by atoms with Gasteiger partial charge in [-0.2, -0.15) is 0 Å². The third-order valence-electron chi connectivity index (χ3n) is 2.52. The van der Waals surface area contributed by atoms with E-state index in [1.165, 1.54) is 12.8 Å². The Labute approximate surface area is 130 Å². The van der Waals surface area contributed by atoms with Crippen LogP contribution < -0.4 is 5.32 Å². The summed E-state index contributed by atoms with van der Waals surface area (Å²) in [4.78, 5) is 11.8. The quantitative estimate of drug-likeness (QED) is 0.520. The van der Waals surface area contributed by atoms with E-state index in [1.54, 1.807) is 12.1 Å². The number of rotatable bonds is 7. The van der Waals surface area contributed by atoms with Crippen LogP contribution in [0.5, 0.6) is 0 Å². The summed E-state index contributed by atoms with van der Waals surface area (Å²) in [7, 11) is 0. The molecule has 1 aromatic carbocycles. The fourth-order valence-corrected chi connectivity index (χ4v) is 2.70. The molecule has 0 heterocycles. The van der Waals surface area contributed by atoms with Crippen LogP contribution in [-0.4, -0.2) is 17.8 Å². The van der Waals surface area contributed by atoms with Gasteiger partial charge in [0.1, 0.15) is 0 Å². The number of hydrogen-bond donors (Lipinski definition) is 1. The number of amides is 1. The molecule has 2 nitrogen and oxygen atoms in total. The molecule has 0 aliphatic carbocycles. The van der Waals surface area contributed by atoms with Gasteiger partial charge in [-0.1, -0.05) is 56.3 Å². The van der Waals surface area contributed by atoms with Gasteiger partial charge in [-0.05, 0) is 31.0 Å². The van der Waals surface area contributed by atoms with E-state index < -0.39 is 0 Å². The molecule has 100 valence electrons. The minimum Gasteiger partial charge on any atom is -0.352 e. The van der Waals surface area contributed by atoms with Crippen LogP contribution in [0.4, 0.5) is 0 Å². The van der Waals surface area contributed by atoms with Crippen molar-refractivity contribution < 1.29 is 4.79 Å². The van der Waals surface area contributed by atoms with E-state index in [0.29, 0.717) is 17.1 Å². The molecule has 1 aromatic rings. The summed E-state index contributed by atoms with van der Waals surface area (Å²) in [6, 6.07) is 5.27. The highest BCUT2D eigenvalue weighted by molar-refractivity contribution is 9.10. The molecule has 1 N–H and O–H groups in total. The van der Waals surface area contributed by atoms with Crippen molar-refractivity contribution >= 4 is 49.4 Å². The summed E-state index contributed by atoms with van der Waals surface area (Å²) < 4.78 is 0.874. The Morgan fingerprint density at radius 1 is 1.22 bits per heavy atom. The molecule has 0 saturated carbocycles. The van der Waals surface area contributed by atoms with E-state index in [-0.39, 0.29) is 5.91 Å². The third-order valence-corrected chi connectivity index (χ3v) is 3.89. The molecular weight excluding hydrogens is 381 g/mol. The first-order valence-electron chi connectivity index (χ1n) is 5.94. The van der Waals surface area contributed by atoms with Gasteiger partial charge >= 0.3 is 0 Å². The molecule has 0 unspecified atom stereocenters. The van der Waals surface area contributed by atoms with E-state index in [9.17, 15) is 4.79 Å². The van der Waals surface area contributed by atoms with E-state index in [4.69, 9.17) is 11.6 Å². The summed E-state index contributed by atoms with van der Waals surface area (Å²) in [5.74, 6) is -0.104. The second kappa shape index (κ2) is 8.94. The predicted molar refractivity (Wildman–Crippen MR) is 83.7 cm³/mol. The molecule has 0 saturated heterocycles. The van der Waals surface area contributed by atoms with Crippen LogP contribution in [0.3, 0.4) is 0 Å². The van der Waals surface area contributed by atoms with Crippen LogP contribution in [0.15, 0.2) is 22.7 Å². The van der Waals surface area contributed by atoms with Crippen LogP contribution >= 0.6 is 43.5 Å². The van der Waals surface area contributed by atoms with Gasteiger partial charge in [0.15, 0.2) is 0 Å². The van der Waals surface area contributed by atoms with E-state index in [2.05, 4.69) is 37.2 Å². The topological polar surface area (TPSA) is 29.1 Å². The second-order valence-corrected chi connectivity index (χ2v) is 6.10. The van der Waals surface area contributed by atoms with Crippen molar-refractivity contribution in [2.75, 3.05) is 11.9 Å². The second-order valence-electron chi connectivity index (χ2n) is 3.98. The van der Waals surface area contributed by atoms with E-state index in [0.717, 1.165) is 22.6 Å². The molecule has 18 heavy (non-hydrogen) atoms. The Morgan fingerprint density at radius 2 is 1.94 bits per heavy atom. The largest absolute Gasteiger partial charge is 0.352 e. The normalized spacial score (nSPS) is 10.4. The average Bonchev–Trinajstić information content (AvgIpc) is 2.33. The SMILES string of the molecule is O=C(NCCCCCCBr)c1ccc(Br)cc1Cl. The Morgan fingerprint density at radius 3 is 2.61 bits per heavy atom. The maximum atomic E-state index is 11.8. The standard InChI is InChI=1S/C13H16Br2ClNO/c14-7-3-1-2-4-8-17-13(18)11-6-5-10(15)9-12(11)16/h5-6,9H,1-4,7-8H2,(H,17,18). The van der Waals surface area contributed by atoms with Gasteiger partial charge < -0.3 is 5.32 Å². The fourth-order valence-electron chi connectivity index (χ4n) is 1.54. The minimum absolute atomic E-state index is 0.104. The molecule has 5 heteroatoms. The fraction of sp³-hybridized carbons (Fsp3) is 0.462. The molecule has 1 rings (SSSR count). The van der Waals surface area contributed by atoms with E-state index >= 15 is 0 Å². The zero-order valence-corrected chi connectivity index (χ0v) is 13.9. The molecule has 0 radical (unpaired) electrons. The average molecular weight is 398 g/mol. The summed E-state index contributed by atoms with van der Waals surface area (Å²) in [5.41, 5.74) is 0.528. The minimum atomic E-state index is -0.104. The predicted octanol–water partition coefficient (Wildman–Crippen LogP) is 4.79. The van der Waals surface area contributed by atoms with Gasteiger partial charge in [0, 0.05) is 16.3 Å². The van der Waals surface area contributed by atoms with Crippen molar-refractivity contribution in [1.29, 1.82) is 0 Å². The highest BCUT2D eigenvalue weighted by atomic mass is 79.9. The van der Waals surface area contributed by atoms with Gasteiger partial charge in [0.05, 0.1) is 10.6 Å². The van der Waals surface area contributed by atoms with Crippen molar-refractivity contribution in [1.82, 2.24) is 5.32 Å². The molecule has 0 spiro atoms. The first kappa shape index (κ1) is 16.0. The summed E-state index contributed by atoms with van der Waals surface area (Å²) in [6.45, 7) is 0.702. The van der Waals surface area contributed by atoms with Crippen molar-refractivity contribution in [3.05, 3.63) is 33.3 Å². The van der Waals surface area contributed by atoms with E-state index in [1.807, 2.05) is 6.07 Å². The third kappa shape index (κ3) is 5.72. The molecule has 0 bridgehead atoms. The molecule has 0 fully saturated rings. The van der Waals surface area contributed by atoms with Gasteiger partial charge in [-0.15, -0.1) is 0 Å². The van der Waals surface area contributed by atoms with Gasteiger partial charge in [-0.25, -0.2) is 0 Å². The number of carbonyl (C=O) groups is 1. The Kier molecular flexibility index (Phi) is 7.95. The Balaban J connectivity index is 2.32. The maximum absolute atomic E-state index is 11.8. The highest BCUT2D eigenvalue weighted by Gasteiger charge is 2.09. The summed E-state index contributed by atoms with van der Waals surface area (Å²) >= 11 is 12.7. The zero-order chi connectivity index (χ0) is 13.4. The Hall–Kier alpha value is -0.0600. The van der Waals surface area contributed by atoms with Crippen molar-refractivity contribution in [2.24, 2.45) is 0 Å². The number of halogens is 3. The summed E-state index contributed by atoms with van der Waals surface area (Å²) in [5, 5.41) is 4.41. The van der Waals surface area contributed by atoms with Gasteiger partial charge in [0.25, 0.3) is 5.91 Å². The van der Waals surface area contributed by atoms with Crippen LogP contribution in [0.2, 0.25) is 5.02 Å². The van der Waals surface area contributed by atoms with Crippen LogP contribution in [-0.2, 0) is 0 Å². The van der Waals surface area contributed by atoms with Gasteiger partial charge in [0.2, 0.25) is 0 Å². The molecule has 0 aromatic heterocycles. The molecule has 0 atom stereocenters. The lowest BCUT2D eigenvalue weighted by molar-refractivity contribution is 0.0953. The zero-order valence-electron chi connectivity index (χ0n) is 10.0. The number of unbranched alkanes of at least 4 members (excludes halogenated alkanes) is 3. The molecular formula is C13H16Br2ClNO. The first-order valence-corrected chi connectivity index (χ1v) is 8.23. The number of hydrogen-bond acceptors (Lipinski definition) is 1. The number of benzene rings is 1. The van der Waals surface area contributed by atoms with Gasteiger partial charge in [-0.3, -0.25) is 4.79 Å². The highest BCUT2D eigenvalue weighted by Crippen LogP contribution is 2.21. The number of nitrogens with one attached hydrogen (secondary N) is 1. The number of alkyl halides is 1. The maximum Gasteiger partial charge on any atom is 0.252 e. The monoisotopic (exact) mass is 395 g/mol. The first-order chi connectivity index (χ1) is 8.65. The van der Waals surface area contributed by atoms with Crippen LogP contribution in [0.1, 0.15) is 36.0 Å². The lowest BCUT2D eigenvalue weighted by atomic mass is 10.2. The van der Waals surface area contributed by atoms with Crippen LogP contribution in [0.25, 0.3) is 0 Å². The van der Waals surface area contributed by atoms with Crippen molar-refractivity contribution in [2.45, 2.75) is 25.7 Å². The lowest BCUT2D eigenvalue weighted by Crippen LogP contribution is -2.24. The van der Waals surface area contributed by atoms with Crippen molar-refractivity contribution in [3.8, 4) is 0 Å². The van der Waals surface area contributed by atoms with Crippen LogP contribution in [0, 0.1) is 0 Å². The molecule has 0 aliphatic heterocycles. The number of carbonyl (C=O) groups excluding carboxylic acids is 1. The lowest BCUT2D eigenvalue weighted by Gasteiger charge is -2.07. The Bertz CT molecular complexity index is 399. The van der Waals surface area contributed by atoms with Crippen molar-refractivity contribution in [3.63, 3.8) is 0 Å². The summed E-state index contributed by atoms with van der Waals surface area (Å²) in [6.07, 6.45) is 4.53. The molecule has 0 aliphatic rings.